The molecule has 90 valence electrons. The Kier molecular flexibility index (Phi) is 3.66. The molecule has 0 saturated heterocycles. The average molecular weight is 233 g/mol. The molecule has 0 heterocycles. The first kappa shape index (κ1) is 12.7. The van der Waals surface area contributed by atoms with Crippen LogP contribution < -0.4 is 10.5 Å². The number of aliphatic hydroxyl groups excluding tert-OH is 1. The van der Waals surface area contributed by atoms with E-state index in [0.717, 1.165) is 0 Å². The molecule has 0 spiro atoms. The number of nitrogens with two attached hydrogens (primary N) is 1. The third kappa shape index (κ3) is 2.40. The second-order valence-corrected chi connectivity index (χ2v) is 3.32. The predicted octanol–water partition coefficient (Wildman–Crippen LogP) is 1.03. The Morgan fingerprint density at radius 3 is 2.62 bits per heavy atom. The second-order valence-electron chi connectivity index (χ2n) is 3.32. The van der Waals surface area contributed by atoms with Gasteiger partial charge in [-0.2, -0.15) is 0 Å². The normalized spacial score (nSPS) is 13.6. The molecular weight excluding hydrogens is 220 g/mol. The molecule has 0 aliphatic carbocycles. The minimum absolute atomic E-state index is 0.0272. The lowest BCUT2D eigenvalue weighted by molar-refractivity contribution is -0.0715. The van der Waals surface area contributed by atoms with Crippen molar-refractivity contribution >= 4 is 0 Å². The van der Waals surface area contributed by atoms with E-state index >= 15 is 0 Å². The van der Waals surface area contributed by atoms with E-state index in [-0.39, 0.29) is 17.1 Å². The highest BCUT2D eigenvalue weighted by Gasteiger charge is 2.38. The molecule has 0 unspecified atom stereocenters. The molecule has 0 bridgehead atoms. The predicted molar refractivity (Wildman–Crippen MR) is 53.6 cm³/mol. The highest BCUT2D eigenvalue weighted by Crippen LogP contribution is 2.35. The van der Waals surface area contributed by atoms with Crippen LogP contribution in [0, 0.1) is 0 Å². The average Bonchev–Trinajstić information content (AvgIpc) is 2.27. The Hall–Kier alpha value is -1.40. The quantitative estimate of drug-likeness (QED) is 0.726. The van der Waals surface area contributed by atoms with E-state index in [1.165, 1.54) is 25.3 Å². The van der Waals surface area contributed by atoms with Crippen molar-refractivity contribution < 1.29 is 23.7 Å². The first-order valence-corrected chi connectivity index (χ1v) is 4.53. The van der Waals surface area contributed by atoms with Crippen molar-refractivity contribution in [2.24, 2.45) is 5.73 Å². The number of hydrogen-bond donors (Lipinski definition) is 3. The molecule has 1 rings (SSSR count). The fraction of sp³-hybridized carbons (Fsp3) is 0.400. The summed E-state index contributed by atoms with van der Waals surface area (Å²) >= 11 is 0. The molecule has 0 fully saturated rings. The van der Waals surface area contributed by atoms with Crippen LogP contribution in [0.5, 0.6) is 11.5 Å². The van der Waals surface area contributed by atoms with Crippen molar-refractivity contribution in [3.05, 3.63) is 23.8 Å². The van der Waals surface area contributed by atoms with Gasteiger partial charge in [0, 0.05) is 11.6 Å². The summed E-state index contributed by atoms with van der Waals surface area (Å²) in [6.45, 7) is -1.35. The number of aromatic hydroxyl groups is 1. The fourth-order valence-corrected chi connectivity index (χ4v) is 1.28. The Balaban J connectivity index is 3.13. The number of hydrogen-bond acceptors (Lipinski definition) is 4. The first-order valence-electron chi connectivity index (χ1n) is 4.53. The molecule has 0 radical (unpaired) electrons. The summed E-state index contributed by atoms with van der Waals surface area (Å²) in [5.74, 6) is -3.50. The Morgan fingerprint density at radius 2 is 2.12 bits per heavy atom. The van der Waals surface area contributed by atoms with Gasteiger partial charge in [0.2, 0.25) is 0 Å². The number of phenols is 1. The molecule has 0 amide bonds. The van der Waals surface area contributed by atoms with Crippen LogP contribution in [-0.2, 0) is 0 Å². The smallest absolute Gasteiger partial charge is 0.289 e. The molecule has 0 aliphatic heterocycles. The van der Waals surface area contributed by atoms with Crippen molar-refractivity contribution in [3.8, 4) is 11.5 Å². The van der Waals surface area contributed by atoms with Crippen LogP contribution in [0.4, 0.5) is 8.78 Å². The van der Waals surface area contributed by atoms with Crippen LogP contribution >= 0.6 is 0 Å². The van der Waals surface area contributed by atoms with Gasteiger partial charge in [-0.3, -0.25) is 0 Å². The summed E-state index contributed by atoms with van der Waals surface area (Å²) in [5, 5.41) is 17.7. The molecule has 0 saturated carbocycles. The van der Waals surface area contributed by atoms with Crippen molar-refractivity contribution in [1.82, 2.24) is 0 Å². The van der Waals surface area contributed by atoms with Crippen LogP contribution in [0.15, 0.2) is 18.2 Å². The number of methoxy groups -OCH3 is 1. The van der Waals surface area contributed by atoms with Gasteiger partial charge in [0.1, 0.15) is 24.1 Å². The summed E-state index contributed by atoms with van der Waals surface area (Å²) in [6, 6.07) is 1.96. The van der Waals surface area contributed by atoms with E-state index in [2.05, 4.69) is 0 Å². The Labute approximate surface area is 91.3 Å². The maximum Gasteiger partial charge on any atom is 0.289 e. The zero-order valence-corrected chi connectivity index (χ0v) is 8.65. The Morgan fingerprint density at radius 1 is 1.50 bits per heavy atom. The molecule has 4 nitrogen and oxygen atoms in total. The standard InChI is InChI=1S/C10H13F2NO3/c1-16-8-4-6(15)2-3-7(8)9(13)10(11,12)5-14/h2-4,9,14-15H,5,13H2,1H3/t9-/m0/s1. The molecule has 0 aromatic heterocycles. The third-order valence-corrected chi connectivity index (χ3v) is 2.22. The molecule has 1 atom stereocenters. The van der Waals surface area contributed by atoms with Gasteiger partial charge < -0.3 is 20.7 Å². The van der Waals surface area contributed by atoms with Crippen molar-refractivity contribution in [3.63, 3.8) is 0 Å². The van der Waals surface area contributed by atoms with Crippen LogP contribution in [0.25, 0.3) is 0 Å². The molecule has 16 heavy (non-hydrogen) atoms. The first-order chi connectivity index (χ1) is 7.42. The van der Waals surface area contributed by atoms with Gasteiger partial charge in [-0.1, -0.05) is 0 Å². The van der Waals surface area contributed by atoms with E-state index in [4.69, 9.17) is 20.7 Å². The number of phenolic OH excluding ortho intramolecular Hbond substituents is 1. The van der Waals surface area contributed by atoms with Crippen molar-refractivity contribution in [2.75, 3.05) is 13.7 Å². The summed E-state index contributed by atoms with van der Waals surface area (Å²) in [4.78, 5) is 0. The van der Waals surface area contributed by atoms with Gasteiger partial charge >= 0.3 is 0 Å². The van der Waals surface area contributed by atoms with Crippen LogP contribution in [0.3, 0.4) is 0 Å². The van der Waals surface area contributed by atoms with Gasteiger partial charge in [-0.25, -0.2) is 8.78 Å². The number of benzene rings is 1. The minimum Gasteiger partial charge on any atom is -0.508 e. The lowest BCUT2D eigenvalue weighted by atomic mass is 10.0. The van der Waals surface area contributed by atoms with E-state index < -0.39 is 18.6 Å². The molecule has 0 aliphatic rings. The van der Waals surface area contributed by atoms with E-state index in [1.807, 2.05) is 0 Å². The number of halogens is 2. The zero-order valence-electron chi connectivity index (χ0n) is 8.65. The van der Waals surface area contributed by atoms with Gasteiger partial charge in [-0.05, 0) is 12.1 Å². The highest BCUT2D eigenvalue weighted by atomic mass is 19.3. The maximum absolute atomic E-state index is 13.2. The van der Waals surface area contributed by atoms with Crippen LogP contribution in [0.1, 0.15) is 11.6 Å². The summed E-state index contributed by atoms with van der Waals surface area (Å²) in [6.07, 6.45) is 0. The number of ether oxygens (including phenoxy) is 1. The number of aliphatic hydroxyl groups is 1. The van der Waals surface area contributed by atoms with Gasteiger partial charge in [0.25, 0.3) is 5.92 Å². The van der Waals surface area contributed by atoms with Crippen LogP contribution in [0.2, 0.25) is 0 Å². The van der Waals surface area contributed by atoms with E-state index in [9.17, 15) is 8.78 Å². The number of alkyl halides is 2. The fourth-order valence-electron chi connectivity index (χ4n) is 1.28. The molecule has 6 heteroatoms. The second kappa shape index (κ2) is 4.63. The Bertz CT molecular complexity index is 371. The van der Waals surface area contributed by atoms with E-state index in [0.29, 0.717) is 0 Å². The van der Waals surface area contributed by atoms with Crippen molar-refractivity contribution in [2.45, 2.75) is 12.0 Å². The monoisotopic (exact) mass is 233 g/mol. The zero-order chi connectivity index (χ0) is 12.3. The maximum atomic E-state index is 13.2. The van der Waals surface area contributed by atoms with E-state index in [1.54, 1.807) is 0 Å². The largest absolute Gasteiger partial charge is 0.508 e. The SMILES string of the molecule is COc1cc(O)ccc1[C@H](N)C(F)(F)CO. The highest BCUT2D eigenvalue weighted by molar-refractivity contribution is 5.42. The third-order valence-electron chi connectivity index (χ3n) is 2.22. The minimum atomic E-state index is -3.44. The molecule has 4 N–H and O–H groups in total. The van der Waals surface area contributed by atoms with Gasteiger partial charge in [0.15, 0.2) is 0 Å². The topological polar surface area (TPSA) is 75.7 Å². The number of rotatable bonds is 4. The van der Waals surface area contributed by atoms with Gasteiger partial charge in [-0.15, -0.1) is 0 Å². The molecular formula is C10H13F2NO3. The lowest BCUT2D eigenvalue weighted by Crippen LogP contribution is -2.36. The van der Waals surface area contributed by atoms with Crippen molar-refractivity contribution in [1.29, 1.82) is 0 Å². The summed E-state index contributed by atoms with van der Waals surface area (Å²) in [5.41, 5.74) is 5.37. The lowest BCUT2D eigenvalue weighted by Gasteiger charge is -2.23. The summed E-state index contributed by atoms with van der Waals surface area (Å²) < 4.78 is 31.1. The van der Waals surface area contributed by atoms with Gasteiger partial charge in [0.05, 0.1) is 7.11 Å². The molecule has 1 aromatic rings. The summed E-state index contributed by atoms with van der Waals surface area (Å²) in [7, 11) is 1.28. The van der Waals surface area contributed by atoms with Crippen LogP contribution in [-0.4, -0.2) is 29.9 Å². The molecule has 1 aromatic carbocycles.